The standard InChI is InChI=1S/C11H13O2/c12-8-13-7-11-9-5-3-1-2-4-6-10(9)11/h9-11H,3-7H2/t9-,10+,11+. The van der Waals surface area contributed by atoms with Crippen LogP contribution in [0.25, 0.3) is 0 Å². The maximum Gasteiger partial charge on any atom is 0.417 e. The van der Waals surface area contributed by atoms with Gasteiger partial charge in [-0.05, 0) is 30.6 Å². The molecule has 0 amide bonds. The summed E-state index contributed by atoms with van der Waals surface area (Å²) in [6, 6.07) is 0. The van der Waals surface area contributed by atoms with E-state index in [2.05, 4.69) is 16.6 Å². The second-order valence-electron chi connectivity index (χ2n) is 3.82. The third-order valence-electron chi connectivity index (χ3n) is 3.17. The van der Waals surface area contributed by atoms with Crippen molar-refractivity contribution in [1.82, 2.24) is 0 Å². The first-order valence-electron chi connectivity index (χ1n) is 4.88. The molecular formula is C11H13O2. The zero-order valence-corrected chi connectivity index (χ0v) is 7.58. The summed E-state index contributed by atoms with van der Waals surface area (Å²) in [5.41, 5.74) is 0. The van der Waals surface area contributed by atoms with E-state index in [0.717, 1.165) is 24.7 Å². The van der Waals surface area contributed by atoms with Crippen LogP contribution in [0.3, 0.4) is 0 Å². The molecule has 2 rings (SSSR count). The van der Waals surface area contributed by atoms with Crippen molar-refractivity contribution in [2.75, 3.05) is 6.61 Å². The first-order chi connectivity index (χ1) is 6.43. The van der Waals surface area contributed by atoms with E-state index in [4.69, 9.17) is 0 Å². The van der Waals surface area contributed by atoms with Gasteiger partial charge in [0, 0.05) is 12.8 Å². The van der Waals surface area contributed by atoms with E-state index in [0.29, 0.717) is 12.5 Å². The Morgan fingerprint density at radius 1 is 1.23 bits per heavy atom. The third-order valence-corrected chi connectivity index (χ3v) is 3.17. The highest BCUT2D eigenvalue weighted by atomic mass is 16.5. The van der Waals surface area contributed by atoms with Crippen molar-refractivity contribution in [2.45, 2.75) is 25.7 Å². The highest BCUT2D eigenvalue weighted by Gasteiger charge is 2.48. The summed E-state index contributed by atoms with van der Waals surface area (Å²) >= 11 is 0. The summed E-state index contributed by atoms with van der Waals surface area (Å²) in [5, 5.41) is 0. The fourth-order valence-electron chi connectivity index (χ4n) is 2.41. The lowest BCUT2D eigenvalue weighted by molar-refractivity contribution is 0.252. The molecule has 0 aromatic carbocycles. The minimum atomic E-state index is 0.568. The summed E-state index contributed by atoms with van der Waals surface area (Å²) in [6.45, 7) is 2.07. The summed E-state index contributed by atoms with van der Waals surface area (Å²) in [7, 11) is 0. The molecule has 0 aromatic heterocycles. The molecule has 69 valence electrons. The Kier molecular flexibility index (Phi) is 2.54. The molecular weight excluding hydrogens is 164 g/mol. The minimum absolute atomic E-state index is 0.568. The van der Waals surface area contributed by atoms with Crippen LogP contribution in [-0.4, -0.2) is 13.1 Å². The molecule has 1 radical (unpaired) electrons. The number of hydrogen-bond acceptors (Lipinski definition) is 2. The van der Waals surface area contributed by atoms with Crippen molar-refractivity contribution in [1.29, 1.82) is 0 Å². The predicted octanol–water partition coefficient (Wildman–Crippen LogP) is 1.51. The van der Waals surface area contributed by atoms with Crippen LogP contribution in [0, 0.1) is 29.6 Å². The van der Waals surface area contributed by atoms with Crippen LogP contribution in [0.4, 0.5) is 0 Å². The fraction of sp³-hybridized carbons (Fsp3) is 0.727. The van der Waals surface area contributed by atoms with Gasteiger partial charge in [0.25, 0.3) is 0 Å². The molecule has 0 aromatic rings. The number of hydrogen-bond donors (Lipinski definition) is 0. The van der Waals surface area contributed by atoms with Gasteiger partial charge in [-0.15, -0.1) is 11.8 Å². The molecule has 3 atom stereocenters. The van der Waals surface area contributed by atoms with Crippen LogP contribution in [0.1, 0.15) is 25.7 Å². The quantitative estimate of drug-likeness (QED) is 0.611. The second-order valence-corrected chi connectivity index (χ2v) is 3.82. The SMILES string of the molecule is O=[C]OC[C@H]1[C@@H]2CCC#CCC[C@@H]21. The molecule has 0 spiro atoms. The van der Waals surface area contributed by atoms with Crippen LogP contribution >= 0.6 is 0 Å². The normalized spacial score (nSPS) is 35.8. The van der Waals surface area contributed by atoms with Gasteiger partial charge in [0.1, 0.15) is 0 Å². The van der Waals surface area contributed by atoms with Crippen molar-refractivity contribution < 1.29 is 9.53 Å². The summed E-state index contributed by atoms with van der Waals surface area (Å²) in [5.74, 6) is 8.44. The van der Waals surface area contributed by atoms with Gasteiger partial charge in [0.05, 0.1) is 6.61 Å². The molecule has 0 unspecified atom stereocenters. The van der Waals surface area contributed by atoms with E-state index < -0.39 is 0 Å². The lowest BCUT2D eigenvalue weighted by Crippen LogP contribution is -1.96. The molecule has 0 N–H and O–H groups in total. The van der Waals surface area contributed by atoms with E-state index in [1.54, 1.807) is 0 Å². The molecule has 1 saturated carbocycles. The molecule has 2 aliphatic carbocycles. The zero-order valence-electron chi connectivity index (χ0n) is 7.58. The van der Waals surface area contributed by atoms with E-state index in [9.17, 15) is 4.79 Å². The zero-order chi connectivity index (χ0) is 9.10. The van der Waals surface area contributed by atoms with Gasteiger partial charge >= 0.3 is 6.47 Å². The van der Waals surface area contributed by atoms with Gasteiger partial charge in [-0.25, -0.2) is 4.79 Å². The van der Waals surface area contributed by atoms with Crippen LogP contribution in [-0.2, 0) is 9.53 Å². The lowest BCUT2D eigenvalue weighted by atomic mass is 10.1. The largest absolute Gasteiger partial charge is 0.457 e. The van der Waals surface area contributed by atoms with Crippen LogP contribution < -0.4 is 0 Å². The number of fused-ring (bicyclic) bond motifs is 1. The van der Waals surface area contributed by atoms with E-state index in [1.807, 2.05) is 0 Å². The molecule has 2 heteroatoms. The lowest BCUT2D eigenvalue weighted by Gasteiger charge is -1.96. The summed E-state index contributed by atoms with van der Waals surface area (Å²) in [4.78, 5) is 9.91. The van der Waals surface area contributed by atoms with Crippen molar-refractivity contribution >= 4 is 6.47 Å². The van der Waals surface area contributed by atoms with Gasteiger partial charge in [-0.3, -0.25) is 0 Å². The first kappa shape index (κ1) is 8.62. The first-order valence-corrected chi connectivity index (χ1v) is 4.88. The molecule has 1 fully saturated rings. The molecule has 0 heterocycles. The van der Waals surface area contributed by atoms with Gasteiger partial charge in [-0.1, -0.05) is 0 Å². The van der Waals surface area contributed by atoms with Crippen LogP contribution in [0.2, 0.25) is 0 Å². The molecule has 2 nitrogen and oxygen atoms in total. The van der Waals surface area contributed by atoms with Crippen molar-refractivity contribution in [3.63, 3.8) is 0 Å². The molecule has 13 heavy (non-hydrogen) atoms. The van der Waals surface area contributed by atoms with E-state index in [1.165, 1.54) is 19.3 Å². The summed E-state index contributed by atoms with van der Waals surface area (Å²) < 4.78 is 4.68. The molecule has 0 aliphatic heterocycles. The number of rotatable bonds is 3. The van der Waals surface area contributed by atoms with Crippen molar-refractivity contribution in [3.05, 3.63) is 0 Å². The van der Waals surface area contributed by atoms with E-state index in [-0.39, 0.29) is 0 Å². The molecule has 0 bridgehead atoms. The Labute approximate surface area is 78.7 Å². The second kappa shape index (κ2) is 3.83. The van der Waals surface area contributed by atoms with Gasteiger partial charge in [0.15, 0.2) is 0 Å². The maximum absolute atomic E-state index is 9.91. The van der Waals surface area contributed by atoms with Crippen LogP contribution in [0.5, 0.6) is 0 Å². The Balaban J connectivity index is 1.82. The minimum Gasteiger partial charge on any atom is -0.457 e. The average Bonchev–Trinajstić information content (AvgIpc) is 2.72. The Hall–Kier alpha value is -0.970. The number of ether oxygens (including phenoxy) is 1. The van der Waals surface area contributed by atoms with Gasteiger partial charge < -0.3 is 4.74 Å². The fourth-order valence-corrected chi connectivity index (χ4v) is 2.41. The average molecular weight is 177 g/mol. The summed E-state index contributed by atoms with van der Waals surface area (Å²) in [6.07, 6.45) is 4.40. The van der Waals surface area contributed by atoms with Crippen molar-refractivity contribution in [3.8, 4) is 11.8 Å². The maximum atomic E-state index is 9.91. The van der Waals surface area contributed by atoms with Gasteiger partial charge in [-0.2, -0.15) is 0 Å². The smallest absolute Gasteiger partial charge is 0.417 e. The third kappa shape index (κ3) is 1.85. The Morgan fingerprint density at radius 2 is 1.85 bits per heavy atom. The molecule has 2 aliphatic rings. The Bertz CT molecular complexity index is 231. The molecule has 0 saturated heterocycles. The van der Waals surface area contributed by atoms with E-state index >= 15 is 0 Å². The predicted molar refractivity (Wildman–Crippen MR) is 48.4 cm³/mol. The highest BCUT2D eigenvalue weighted by Crippen LogP contribution is 2.52. The highest BCUT2D eigenvalue weighted by molar-refractivity contribution is 5.38. The topological polar surface area (TPSA) is 26.3 Å². The van der Waals surface area contributed by atoms with Crippen LogP contribution in [0.15, 0.2) is 0 Å². The number of carbonyl (C=O) groups excluding carboxylic acids is 1. The Morgan fingerprint density at radius 3 is 2.38 bits per heavy atom. The van der Waals surface area contributed by atoms with Crippen molar-refractivity contribution in [2.24, 2.45) is 17.8 Å². The van der Waals surface area contributed by atoms with Gasteiger partial charge in [0.2, 0.25) is 0 Å². The monoisotopic (exact) mass is 177 g/mol.